The van der Waals surface area contributed by atoms with Gasteiger partial charge in [-0.15, -0.1) is 0 Å². The average molecular weight is 336 g/mol. The summed E-state index contributed by atoms with van der Waals surface area (Å²) in [5.74, 6) is 0. The van der Waals surface area contributed by atoms with E-state index in [9.17, 15) is 0 Å². The van der Waals surface area contributed by atoms with Crippen LogP contribution in [0.5, 0.6) is 0 Å². The summed E-state index contributed by atoms with van der Waals surface area (Å²) in [5.41, 5.74) is 7.29. The molecule has 0 saturated carbocycles. The maximum absolute atomic E-state index is 5.97. The fourth-order valence-electron chi connectivity index (χ4n) is 1.78. The number of halogens is 1. The van der Waals surface area contributed by atoms with Crippen molar-refractivity contribution in [2.75, 3.05) is 0 Å². The molecule has 2 aromatic rings. The monoisotopic (exact) mass is 335 g/mol. The predicted molar refractivity (Wildman–Crippen MR) is 86.7 cm³/mol. The number of benzene rings is 2. The van der Waals surface area contributed by atoms with Gasteiger partial charge in [-0.1, -0.05) is 46.7 Å². The van der Waals surface area contributed by atoms with Gasteiger partial charge in [0.2, 0.25) is 0 Å². The predicted octanol–water partition coefficient (Wildman–Crippen LogP) is 4.88. The Hall–Kier alpha value is -0.770. The van der Waals surface area contributed by atoms with Crippen LogP contribution < -0.4 is 5.73 Å². The van der Waals surface area contributed by atoms with Crippen molar-refractivity contribution in [1.82, 2.24) is 0 Å². The van der Waals surface area contributed by atoms with E-state index in [1.807, 2.05) is 0 Å². The van der Waals surface area contributed by atoms with Crippen molar-refractivity contribution in [2.24, 2.45) is 5.73 Å². The van der Waals surface area contributed by atoms with Crippen LogP contribution in [0.4, 0.5) is 0 Å². The average Bonchev–Trinajstić information content (AvgIpc) is 2.43. The largest absolute Gasteiger partial charge is 0.327 e. The van der Waals surface area contributed by atoms with E-state index < -0.39 is 0 Å². The van der Waals surface area contributed by atoms with Crippen LogP contribution in [0.3, 0.4) is 0 Å². The number of hydrogen-bond donors (Lipinski definition) is 1. The fraction of sp³-hybridized carbons (Fsp3) is 0.250. The van der Waals surface area contributed by atoms with Crippen molar-refractivity contribution in [3.8, 4) is 0 Å². The van der Waals surface area contributed by atoms with E-state index >= 15 is 0 Å². The van der Waals surface area contributed by atoms with Crippen LogP contribution in [0, 0.1) is 0 Å². The lowest BCUT2D eigenvalue weighted by Crippen LogP contribution is -2.21. The van der Waals surface area contributed by atoms with E-state index in [0.29, 0.717) is 0 Å². The first-order valence-electron chi connectivity index (χ1n) is 6.45. The Kier molecular flexibility index (Phi) is 5.49. The first-order valence-corrected chi connectivity index (χ1v) is 8.06. The molecular formula is C16H18BrNS. The standard InChI is InChI=1S/C16H18BrNS/c1-2-14(18)11-12-3-7-15(8-4-12)19-16-9-5-13(17)6-10-16/h3-10,14H,2,11,18H2,1H3. The molecule has 1 nitrogen and oxygen atoms in total. The minimum Gasteiger partial charge on any atom is -0.327 e. The van der Waals surface area contributed by atoms with Crippen molar-refractivity contribution >= 4 is 27.7 Å². The maximum Gasteiger partial charge on any atom is 0.0176 e. The molecule has 0 spiro atoms. The van der Waals surface area contributed by atoms with Gasteiger partial charge in [0.05, 0.1) is 0 Å². The highest BCUT2D eigenvalue weighted by Gasteiger charge is 2.02. The van der Waals surface area contributed by atoms with Gasteiger partial charge in [-0.2, -0.15) is 0 Å². The summed E-state index contributed by atoms with van der Waals surface area (Å²) in [6.45, 7) is 2.13. The molecule has 100 valence electrons. The second kappa shape index (κ2) is 7.13. The van der Waals surface area contributed by atoms with Gasteiger partial charge in [-0.05, 0) is 54.8 Å². The van der Waals surface area contributed by atoms with Crippen LogP contribution in [0.2, 0.25) is 0 Å². The Morgan fingerprint density at radius 3 is 2.05 bits per heavy atom. The van der Waals surface area contributed by atoms with Crippen molar-refractivity contribution < 1.29 is 0 Å². The molecule has 0 aliphatic carbocycles. The number of rotatable bonds is 5. The third-order valence-electron chi connectivity index (χ3n) is 2.99. The Morgan fingerprint density at radius 1 is 1.00 bits per heavy atom. The van der Waals surface area contributed by atoms with Crippen LogP contribution in [-0.4, -0.2) is 6.04 Å². The summed E-state index contributed by atoms with van der Waals surface area (Å²) in [6, 6.07) is 17.3. The fourth-order valence-corrected chi connectivity index (χ4v) is 2.86. The number of nitrogens with two attached hydrogens (primary N) is 1. The Morgan fingerprint density at radius 2 is 1.53 bits per heavy atom. The molecular weight excluding hydrogens is 318 g/mol. The van der Waals surface area contributed by atoms with Crippen LogP contribution in [-0.2, 0) is 6.42 Å². The summed E-state index contributed by atoms with van der Waals surface area (Å²) in [6.07, 6.45) is 1.98. The summed E-state index contributed by atoms with van der Waals surface area (Å²) >= 11 is 5.23. The van der Waals surface area contributed by atoms with E-state index in [0.717, 1.165) is 17.3 Å². The second-order valence-electron chi connectivity index (χ2n) is 4.57. The highest BCUT2D eigenvalue weighted by atomic mass is 79.9. The van der Waals surface area contributed by atoms with E-state index in [1.165, 1.54) is 15.4 Å². The zero-order valence-corrected chi connectivity index (χ0v) is 13.4. The summed E-state index contributed by atoms with van der Waals surface area (Å²) in [4.78, 5) is 2.51. The lowest BCUT2D eigenvalue weighted by atomic mass is 10.1. The molecule has 1 atom stereocenters. The summed E-state index contributed by atoms with van der Waals surface area (Å²) in [7, 11) is 0. The number of hydrogen-bond acceptors (Lipinski definition) is 2. The molecule has 0 aliphatic rings. The van der Waals surface area contributed by atoms with Crippen LogP contribution in [0.25, 0.3) is 0 Å². The first kappa shape index (κ1) is 14.6. The van der Waals surface area contributed by atoms with E-state index in [4.69, 9.17) is 5.73 Å². The quantitative estimate of drug-likeness (QED) is 0.842. The normalized spacial score (nSPS) is 12.4. The Labute approximate surface area is 127 Å². The molecule has 0 aliphatic heterocycles. The van der Waals surface area contributed by atoms with Crippen molar-refractivity contribution in [1.29, 1.82) is 0 Å². The smallest absolute Gasteiger partial charge is 0.0176 e. The molecule has 0 aromatic heterocycles. The van der Waals surface area contributed by atoms with E-state index in [2.05, 4.69) is 71.4 Å². The van der Waals surface area contributed by atoms with Crippen LogP contribution >= 0.6 is 27.7 Å². The Balaban J connectivity index is 2.00. The minimum atomic E-state index is 0.268. The van der Waals surface area contributed by atoms with Crippen LogP contribution in [0.1, 0.15) is 18.9 Å². The van der Waals surface area contributed by atoms with E-state index in [1.54, 1.807) is 11.8 Å². The molecule has 0 saturated heterocycles. The van der Waals surface area contributed by atoms with Gasteiger partial charge in [-0.25, -0.2) is 0 Å². The van der Waals surface area contributed by atoms with Gasteiger partial charge >= 0.3 is 0 Å². The van der Waals surface area contributed by atoms with Gasteiger partial charge in [0, 0.05) is 20.3 Å². The molecule has 0 amide bonds. The molecule has 3 heteroatoms. The van der Waals surface area contributed by atoms with Gasteiger partial charge in [0.25, 0.3) is 0 Å². The first-order chi connectivity index (χ1) is 9.17. The molecule has 19 heavy (non-hydrogen) atoms. The Bertz CT molecular complexity index is 507. The maximum atomic E-state index is 5.97. The molecule has 2 aromatic carbocycles. The molecule has 2 rings (SSSR count). The van der Waals surface area contributed by atoms with Gasteiger partial charge in [0.1, 0.15) is 0 Å². The zero-order chi connectivity index (χ0) is 13.7. The van der Waals surface area contributed by atoms with Crippen molar-refractivity contribution in [3.63, 3.8) is 0 Å². The third-order valence-corrected chi connectivity index (χ3v) is 4.54. The zero-order valence-electron chi connectivity index (χ0n) is 11.0. The van der Waals surface area contributed by atoms with E-state index in [-0.39, 0.29) is 6.04 Å². The molecule has 0 heterocycles. The highest BCUT2D eigenvalue weighted by Crippen LogP contribution is 2.28. The van der Waals surface area contributed by atoms with Gasteiger partial charge < -0.3 is 5.73 Å². The van der Waals surface area contributed by atoms with Crippen LogP contribution in [0.15, 0.2) is 62.8 Å². The summed E-state index contributed by atoms with van der Waals surface area (Å²) in [5, 5.41) is 0. The second-order valence-corrected chi connectivity index (χ2v) is 6.63. The molecule has 0 bridgehead atoms. The topological polar surface area (TPSA) is 26.0 Å². The highest BCUT2D eigenvalue weighted by molar-refractivity contribution is 9.10. The lowest BCUT2D eigenvalue weighted by molar-refractivity contribution is 0.646. The molecule has 0 radical (unpaired) electrons. The molecule has 1 unspecified atom stereocenters. The van der Waals surface area contributed by atoms with Crippen molar-refractivity contribution in [2.45, 2.75) is 35.6 Å². The van der Waals surface area contributed by atoms with Gasteiger partial charge in [-0.3, -0.25) is 0 Å². The minimum absolute atomic E-state index is 0.268. The third kappa shape index (κ3) is 4.68. The SMILES string of the molecule is CCC(N)Cc1ccc(Sc2ccc(Br)cc2)cc1. The van der Waals surface area contributed by atoms with Crippen molar-refractivity contribution in [3.05, 3.63) is 58.6 Å². The molecule has 0 fully saturated rings. The summed E-state index contributed by atoms with van der Waals surface area (Å²) < 4.78 is 1.11. The molecule has 2 N–H and O–H groups in total. The van der Waals surface area contributed by atoms with Gasteiger partial charge in [0.15, 0.2) is 0 Å². The lowest BCUT2D eigenvalue weighted by Gasteiger charge is -2.09.